The lowest BCUT2D eigenvalue weighted by molar-refractivity contribution is 0.553. The van der Waals surface area contributed by atoms with E-state index in [0.29, 0.717) is 16.7 Å². The summed E-state index contributed by atoms with van der Waals surface area (Å²) in [5.74, 6) is 0.101. The lowest BCUT2D eigenvalue weighted by Gasteiger charge is -2.20. The average molecular weight is 411 g/mol. The van der Waals surface area contributed by atoms with Crippen LogP contribution in [-0.2, 0) is 10.5 Å². The number of fused-ring (bicyclic) bond motifs is 2. The summed E-state index contributed by atoms with van der Waals surface area (Å²) in [6.07, 6.45) is 0. The van der Waals surface area contributed by atoms with Gasteiger partial charge < -0.3 is 13.7 Å². The number of hydrogen-bond donors (Lipinski definition) is 0. The summed E-state index contributed by atoms with van der Waals surface area (Å²) in [5.41, 5.74) is 2.11. The van der Waals surface area contributed by atoms with Crippen LogP contribution in [0.5, 0.6) is 0 Å². The predicted molar refractivity (Wildman–Crippen MR) is 110 cm³/mol. The first-order valence-corrected chi connectivity index (χ1v) is 10.1. The standard InChI is InChI=1S/C20H17N3O5S/c1-3-23(4-2)14-7-5-12-9-15(20(24)28-18(12)11-14)19-21-16-10-13(22-29(25)26)6-8-17(16)27-19/h5-11H,3-4H2,1-2H3. The van der Waals surface area contributed by atoms with Crippen molar-refractivity contribution in [1.82, 2.24) is 4.98 Å². The number of anilines is 1. The highest BCUT2D eigenvalue weighted by Gasteiger charge is 2.15. The van der Waals surface area contributed by atoms with Gasteiger partial charge in [0.1, 0.15) is 16.7 Å². The SMILES string of the molecule is CCN(CC)c1ccc2cc(-c3nc4cc(N=S(=O)=O)ccc4o3)c(=O)oc2c1. The molecule has 8 nitrogen and oxygen atoms in total. The molecule has 0 spiro atoms. The van der Waals surface area contributed by atoms with E-state index in [0.717, 1.165) is 24.2 Å². The van der Waals surface area contributed by atoms with Gasteiger partial charge in [0.05, 0.1) is 5.69 Å². The fraction of sp³-hybridized carbons (Fsp3) is 0.200. The monoisotopic (exact) mass is 411 g/mol. The molecule has 0 radical (unpaired) electrons. The van der Waals surface area contributed by atoms with E-state index in [1.54, 1.807) is 12.1 Å². The van der Waals surface area contributed by atoms with Gasteiger partial charge in [0.2, 0.25) is 5.89 Å². The number of benzene rings is 2. The van der Waals surface area contributed by atoms with Crippen molar-refractivity contribution >= 4 is 43.9 Å². The molecule has 29 heavy (non-hydrogen) atoms. The van der Waals surface area contributed by atoms with Crippen molar-refractivity contribution in [2.24, 2.45) is 4.36 Å². The minimum Gasteiger partial charge on any atom is -0.436 e. The van der Waals surface area contributed by atoms with Crippen molar-refractivity contribution in [3.8, 4) is 11.5 Å². The topological polar surface area (TPSA) is 106 Å². The maximum absolute atomic E-state index is 12.6. The molecule has 0 unspecified atom stereocenters. The molecule has 0 N–H and O–H groups in total. The summed E-state index contributed by atoms with van der Waals surface area (Å²) in [6, 6.07) is 11.9. The van der Waals surface area contributed by atoms with Gasteiger partial charge in [-0.25, -0.2) is 9.78 Å². The molecule has 9 heteroatoms. The Labute approximate surface area is 167 Å². The first-order valence-electron chi connectivity index (χ1n) is 9.03. The summed E-state index contributed by atoms with van der Waals surface area (Å²) < 4.78 is 36.1. The van der Waals surface area contributed by atoms with Crippen LogP contribution in [-0.4, -0.2) is 26.5 Å². The maximum Gasteiger partial charge on any atom is 0.349 e. The van der Waals surface area contributed by atoms with Gasteiger partial charge in [-0.3, -0.25) is 0 Å². The van der Waals surface area contributed by atoms with Crippen LogP contribution in [0.25, 0.3) is 33.5 Å². The van der Waals surface area contributed by atoms with E-state index in [2.05, 4.69) is 28.1 Å². The van der Waals surface area contributed by atoms with E-state index < -0.39 is 16.1 Å². The predicted octanol–water partition coefficient (Wildman–Crippen LogP) is 4.14. The van der Waals surface area contributed by atoms with Crippen LogP contribution >= 0.6 is 0 Å². The van der Waals surface area contributed by atoms with Crippen LogP contribution in [0.1, 0.15) is 13.8 Å². The van der Waals surface area contributed by atoms with Crippen molar-refractivity contribution < 1.29 is 17.3 Å². The fourth-order valence-corrected chi connectivity index (χ4v) is 3.49. The number of hydrogen-bond acceptors (Lipinski definition) is 8. The van der Waals surface area contributed by atoms with Crippen LogP contribution in [0, 0.1) is 0 Å². The van der Waals surface area contributed by atoms with Crippen LogP contribution in [0.3, 0.4) is 0 Å². The van der Waals surface area contributed by atoms with Gasteiger partial charge >= 0.3 is 16.1 Å². The number of rotatable bonds is 5. The average Bonchev–Trinajstić information content (AvgIpc) is 3.11. The molecular formula is C20H17N3O5S. The summed E-state index contributed by atoms with van der Waals surface area (Å²) >= 11 is 0. The third-order valence-corrected chi connectivity index (χ3v) is 4.99. The summed E-state index contributed by atoms with van der Waals surface area (Å²) in [4.78, 5) is 19.0. The number of oxazole rings is 1. The molecule has 0 saturated heterocycles. The van der Waals surface area contributed by atoms with Gasteiger partial charge in [0.15, 0.2) is 5.58 Å². The van der Waals surface area contributed by atoms with Crippen molar-refractivity contribution in [2.45, 2.75) is 13.8 Å². The van der Waals surface area contributed by atoms with Crippen molar-refractivity contribution in [1.29, 1.82) is 0 Å². The summed E-state index contributed by atoms with van der Waals surface area (Å²) in [5, 5.41) is 0.746. The molecule has 4 aromatic rings. The Morgan fingerprint density at radius 1 is 1.00 bits per heavy atom. The molecule has 148 valence electrons. The first-order chi connectivity index (χ1) is 14.0. The normalized spacial score (nSPS) is 11.1. The summed E-state index contributed by atoms with van der Waals surface area (Å²) in [7, 11) is -2.57. The Kier molecular flexibility index (Phi) is 4.89. The fourth-order valence-electron chi connectivity index (χ4n) is 3.21. The number of nitrogens with zero attached hydrogens (tertiary/aromatic N) is 3. The van der Waals surface area contributed by atoms with Gasteiger partial charge in [0.25, 0.3) is 0 Å². The van der Waals surface area contributed by atoms with Gasteiger partial charge in [-0.2, -0.15) is 8.42 Å². The number of aromatic nitrogens is 1. The van der Waals surface area contributed by atoms with E-state index in [1.165, 1.54) is 12.1 Å². The molecule has 0 aliphatic rings. The second kappa shape index (κ2) is 7.51. The molecular weight excluding hydrogens is 394 g/mol. The molecule has 0 bridgehead atoms. The van der Waals surface area contributed by atoms with Crippen LogP contribution in [0.4, 0.5) is 11.4 Å². The first kappa shape index (κ1) is 18.9. The molecule has 2 heterocycles. The molecule has 0 saturated carbocycles. The Hall–Kier alpha value is -3.46. The minimum absolute atomic E-state index is 0.101. The zero-order chi connectivity index (χ0) is 20.5. The van der Waals surface area contributed by atoms with E-state index >= 15 is 0 Å². The van der Waals surface area contributed by atoms with Crippen molar-refractivity contribution in [3.05, 3.63) is 52.9 Å². The Balaban J connectivity index is 1.81. The smallest absolute Gasteiger partial charge is 0.349 e. The Morgan fingerprint density at radius 2 is 1.79 bits per heavy atom. The van der Waals surface area contributed by atoms with Crippen molar-refractivity contribution in [2.75, 3.05) is 18.0 Å². The quantitative estimate of drug-likeness (QED) is 0.454. The van der Waals surface area contributed by atoms with E-state index in [-0.39, 0.29) is 17.1 Å². The lowest BCUT2D eigenvalue weighted by Crippen LogP contribution is -2.21. The second-order valence-corrected chi connectivity index (χ2v) is 6.94. The minimum atomic E-state index is -2.57. The molecule has 2 aromatic heterocycles. The van der Waals surface area contributed by atoms with Crippen molar-refractivity contribution in [3.63, 3.8) is 0 Å². The highest BCUT2D eigenvalue weighted by Crippen LogP contribution is 2.28. The molecule has 0 aliphatic carbocycles. The molecule has 0 amide bonds. The molecule has 0 atom stereocenters. The third-order valence-electron chi connectivity index (χ3n) is 4.63. The zero-order valence-corrected chi connectivity index (χ0v) is 16.6. The highest BCUT2D eigenvalue weighted by atomic mass is 32.2. The molecule has 0 fully saturated rings. The Morgan fingerprint density at radius 3 is 2.52 bits per heavy atom. The lowest BCUT2D eigenvalue weighted by atomic mass is 10.1. The van der Waals surface area contributed by atoms with E-state index in [4.69, 9.17) is 8.83 Å². The third kappa shape index (κ3) is 3.64. The maximum atomic E-state index is 12.6. The zero-order valence-electron chi connectivity index (χ0n) is 15.7. The molecule has 4 rings (SSSR count). The Bertz CT molecular complexity index is 1410. The molecule has 0 aliphatic heterocycles. The van der Waals surface area contributed by atoms with Crippen LogP contribution in [0.2, 0.25) is 0 Å². The largest absolute Gasteiger partial charge is 0.436 e. The van der Waals surface area contributed by atoms with Gasteiger partial charge in [-0.15, -0.1) is 4.36 Å². The van der Waals surface area contributed by atoms with Crippen LogP contribution < -0.4 is 10.5 Å². The van der Waals surface area contributed by atoms with E-state index in [9.17, 15) is 13.2 Å². The van der Waals surface area contributed by atoms with Crippen LogP contribution in [0.15, 0.2) is 60.5 Å². The van der Waals surface area contributed by atoms with Gasteiger partial charge in [-0.05, 0) is 50.2 Å². The van der Waals surface area contributed by atoms with Gasteiger partial charge in [-0.1, -0.05) is 0 Å². The molecule has 2 aromatic carbocycles. The highest BCUT2D eigenvalue weighted by molar-refractivity contribution is 7.61. The van der Waals surface area contributed by atoms with Gasteiger partial charge in [0, 0.05) is 30.2 Å². The second-order valence-electron chi connectivity index (χ2n) is 6.32. The van der Waals surface area contributed by atoms with E-state index in [1.807, 2.05) is 18.2 Å². The summed E-state index contributed by atoms with van der Waals surface area (Å²) in [6.45, 7) is 5.82.